The lowest BCUT2D eigenvalue weighted by Crippen LogP contribution is -2.16. The van der Waals surface area contributed by atoms with Crippen LogP contribution in [0.5, 0.6) is 0 Å². The van der Waals surface area contributed by atoms with Gasteiger partial charge in [0.1, 0.15) is 29.3 Å². The van der Waals surface area contributed by atoms with Gasteiger partial charge in [0.15, 0.2) is 0 Å². The number of hydrogen-bond acceptors (Lipinski definition) is 5. The van der Waals surface area contributed by atoms with Gasteiger partial charge in [0.05, 0.1) is 24.1 Å². The molecule has 7 heteroatoms. The largest absolute Gasteiger partial charge is 0.460 e. The van der Waals surface area contributed by atoms with Crippen LogP contribution in [-0.2, 0) is 11.3 Å². The fourth-order valence-electron chi connectivity index (χ4n) is 3.30. The molecule has 0 spiro atoms. The summed E-state index contributed by atoms with van der Waals surface area (Å²) in [4.78, 5) is 31.5. The third kappa shape index (κ3) is 3.39. The van der Waals surface area contributed by atoms with Gasteiger partial charge >= 0.3 is 5.97 Å². The molecule has 0 bridgehead atoms. The summed E-state index contributed by atoms with van der Waals surface area (Å²) in [5.41, 5.74) is 2.35. The third-order valence-electron chi connectivity index (χ3n) is 4.56. The zero-order valence-electron chi connectivity index (χ0n) is 15.3. The molecule has 2 heterocycles. The Labute approximate surface area is 165 Å². The smallest absolute Gasteiger partial charge is 0.338 e. The average Bonchev–Trinajstić information content (AvgIpc) is 3.09. The van der Waals surface area contributed by atoms with Crippen molar-refractivity contribution in [1.29, 1.82) is 5.26 Å². The molecule has 0 aliphatic carbocycles. The van der Waals surface area contributed by atoms with Gasteiger partial charge in [-0.3, -0.25) is 4.79 Å². The summed E-state index contributed by atoms with van der Waals surface area (Å²) >= 11 is 0. The van der Waals surface area contributed by atoms with E-state index in [1.165, 1.54) is 6.33 Å². The summed E-state index contributed by atoms with van der Waals surface area (Å²) in [7, 11) is 0. The molecule has 4 rings (SSSR count). The molecule has 0 radical (unpaired) electrons. The SMILES string of the molecule is N#Cc1c(-c2ccccc2)n(CCOC(=O)c2ccccc2)c2c(=O)[nH]cnc12. The van der Waals surface area contributed by atoms with Gasteiger partial charge in [0.2, 0.25) is 0 Å². The minimum atomic E-state index is -0.448. The predicted octanol–water partition coefficient (Wildman–Crippen LogP) is 3.12. The number of nitrogens with one attached hydrogen (secondary N) is 1. The molecular formula is C22H16N4O3. The Morgan fingerprint density at radius 3 is 2.48 bits per heavy atom. The molecular weight excluding hydrogens is 368 g/mol. The Kier molecular flexibility index (Phi) is 4.91. The molecule has 142 valence electrons. The molecule has 0 atom stereocenters. The van der Waals surface area contributed by atoms with Crippen molar-refractivity contribution in [3.63, 3.8) is 0 Å². The summed E-state index contributed by atoms with van der Waals surface area (Å²) in [6.07, 6.45) is 1.28. The number of benzene rings is 2. The molecule has 2 aromatic heterocycles. The lowest BCUT2D eigenvalue weighted by molar-refractivity contribution is 0.0493. The second kappa shape index (κ2) is 7.82. The van der Waals surface area contributed by atoms with E-state index in [1.807, 2.05) is 36.4 Å². The Morgan fingerprint density at radius 1 is 1.10 bits per heavy atom. The topological polar surface area (TPSA) is 101 Å². The Morgan fingerprint density at radius 2 is 1.79 bits per heavy atom. The van der Waals surface area contributed by atoms with Gasteiger partial charge in [0.25, 0.3) is 5.56 Å². The summed E-state index contributed by atoms with van der Waals surface area (Å²) in [5.74, 6) is -0.448. The number of esters is 1. The standard InChI is InChI=1S/C22H16N4O3/c23-13-17-18-20(21(27)25-14-24-18)26(19(17)15-7-3-1-4-8-15)11-12-29-22(28)16-9-5-2-6-10-16/h1-10,14H,11-12H2,(H,24,25,27). The van der Waals surface area contributed by atoms with E-state index in [1.54, 1.807) is 28.8 Å². The molecule has 4 aromatic rings. The normalized spacial score (nSPS) is 10.6. The maximum atomic E-state index is 12.5. The van der Waals surface area contributed by atoms with E-state index in [4.69, 9.17) is 4.74 Å². The number of rotatable bonds is 5. The Hall–Kier alpha value is -4.18. The maximum Gasteiger partial charge on any atom is 0.338 e. The van der Waals surface area contributed by atoms with Crippen molar-refractivity contribution >= 4 is 17.0 Å². The fraction of sp³-hybridized carbons (Fsp3) is 0.0909. The lowest BCUT2D eigenvalue weighted by Gasteiger charge is -2.11. The van der Waals surface area contributed by atoms with Crippen molar-refractivity contribution in [2.24, 2.45) is 0 Å². The first-order valence-corrected chi connectivity index (χ1v) is 8.98. The molecule has 7 nitrogen and oxygen atoms in total. The molecule has 1 N–H and O–H groups in total. The number of H-pyrrole nitrogens is 1. The fourth-order valence-corrected chi connectivity index (χ4v) is 3.30. The first-order valence-electron chi connectivity index (χ1n) is 8.98. The van der Waals surface area contributed by atoms with E-state index in [0.717, 1.165) is 5.56 Å². The molecule has 2 aromatic carbocycles. The quantitative estimate of drug-likeness (QED) is 0.533. The van der Waals surface area contributed by atoms with Crippen LogP contribution in [0.2, 0.25) is 0 Å². The number of ether oxygens (including phenoxy) is 1. The number of carbonyl (C=O) groups is 1. The van der Waals surface area contributed by atoms with Crippen LogP contribution in [0.4, 0.5) is 0 Å². The Bertz CT molecular complexity index is 1270. The van der Waals surface area contributed by atoms with E-state index < -0.39 is 5.97 Å². The van der Waals surface area contributed by atoms with Crippen LogP contribution in [0.3, 0.4) is 0 Å². The molecule has 0 saturated heterocycles. The van der Waals surface area contributed by atoms with Gasteiger partial charge in [0, 0.05) is 0 Å². The summed E-state index contributed by atoms with van der Waals surface area (Å²) in [6, 6.07) is 20.1. The van der Waals surface area contributed by atoms with Gasteiger partial charge < -0.3 is 14.3 Å². The van der Waals surface area contributed by atoms with E-state index in [0.29, 0.717) is 22.3 Å². The van der Waals surface area contributed by atoms with Crippen molar-refractivity contribution in [2.45, 2.75) is 6.54 Å². The van der Waals surface area contributed by atoms with Gasteiger partial charge in [-0.15, -0.1) is 0 Å². The second-order valence-electron chi connectivity index (χ2n) is 6.28. The highest BCUT2D eigenvalue weighted by Gasteiger charge is 2.22. The van der Waals surface area contributed by atoms with Crippen molar-refractivity contribution in [3.8, 4) is 17.3 Å². The Balaban J connectivity index is 1.74. The minimum absolute atomic E-state index is 0.0382. The predicted molar refractivity (Wildman–Crippen MR) is 107 cm³/mol. The number of carbonyl (C=O) groups excluding carboxylic acids is 1. The summed E-state index contributed by atoms with van der Waals surface area (Å²) in [5, 5.41) is 9.74. The summed E-state index contributed by atoms with van der Waals surface area (Å²) in [6.45, 7) is 0.242. The van der Waals surface area contributed by atoms with E-state index in [-0.39, 0.29) is 24.2 Å². The van der Waals surface area contributed by atoms with Gasteiger partial charge in [-0.2, -0.15) is 5.26 Å². The van der Waals surface area contributed by atoms with Crippen LogP contribution >= 0.6 is 0 Å². The van der Waals surface area contributed by atoms with Crippen molar-refractivity contribution < 1.29 is 9.53 Å². The highest BCUT2D eigenvalue weighted by atomic mass is 16.5. The molecule has 29 heavy (non-hydrogen) atoms. The van der Waals surface area contributed by atoms with Crippen LogP contribution in [0, 0.1) is 11.3 Å². The number of aromatic amines is 1. The number of hydrogen-bond donors (Lipinski definition) is 1. The number of aromatic nitrogens is 3. The van der Waals surface area contributed by atoms with Crippen molar-refractivity contribution in [2.75, 3.05) is 6.61 Å². The van der Waals surface area contributed by atoms with Crippen molar-refractivity contribution in [3.05, 3.63) is 88.5 Å². The van der Waals surface area contributed by atoms with Gasteiger partial charge in [-0.05, 0) is 17.7 Å². The highest BCUT2D eigenvalue weighted by molar-refractivity contribution is 5.91. The average molecular weight is 384 g/mol. The van der Waals surface area contributed by atoms with Gasteiger partial charge in [-0.1, -0.05) is 48.5 Å². The van der Waals surface area contributed by atoms with Crippen LogP contribution in [-0.4, -0.2) is 27.1 Å². The van der Waals surface area contributed by atoms with Crippen molar-refractivity contribution in [1.82, 2.24) is 14.5 Å². The van der Waals surface area contributed by atoms with E-state index in [2.05, 4.69) is 16.0 Å². The first-order chi connectivity index (χ1) is 14.2. The second-order valence-corrected chi connectivity index (χ2v) is 6.28. The van der Waals surface area contributed by atoms with Crippen LogP contribution in [0.1, 0.15) is 15.9 Å². The first kappa shape index (κ1) is 18.2. The lowest BCUT2D eigenvalue weighted by atomic mass is 10.1. The van der Waals surface area contributed by atoms with Crippen LogP contribution < -0.4 is 5.56 Å². The highest BCUT2D eigenvalue weighted by Crippen LogP contribution is 2.30. The van der Waals surface area contributed by atoms with E-state index >= 15 is 0 Å². The molecule has 0 saturated carbocycles. The zero-order chi connectivity index (χ0) is 20.2. The molecule has 0 aliphatic heterocycles. The molecule has 0 fully saturated rings. The minimum Gasteiger partial charge on any atom is -0.460 e. The maximum absolute atomic E-state index is 12.5. The van der Waals surface area contributed by atoms with Crippen LogP contribution in [0.15, 0.2) is 71.8 Å². The third-order valence-corrected chi connectivity index (χ3v) is 4.56. The van der Waals surface area contributed by atoms with Crippen LogP contribution in [0.25, 0.3) is 22.3 Å². The monoisotopic (exact) mass is 384 g/mol. The zero-order valence-corrected chi connectivity index (χ0v) is 15.3. The molecule has 0 unspecified atom stereocenters. The van der Waals surface area contributed by atoms with E-state index in [9.17, 15) is 14.9 Å². The number of fused-ring (bicyclic) bond motifs is 1. The molecule has 0 amide bonds. The number of nitriles is 1. The molecule has 0 aliphatic rings. The summed E-state index contributed by atoms with van der Waals surface area (Å²) < 4.78 is 7.07. The number of nitrogens with zero attached hydrogens (tertiary/aromatic N) is 3. The van der Waals surface area contributed by atoms with Gasteiger partial charge in [-0.25, -0.2) is 9.78 Å².